The SMILES string of the molecule is CC(OC(=O)c1ccccc1)C(=O)c1ccccn1. The number of carbonyl (C=O) groups is 2. The van der Waals surface area contributed by atoms with Crippen LogP contribution in [0.25, 0.3) is 0 Å². The second-order valence-electron chi connectivity index (χ2n) is 3.99. The molecule has 0 saturated heterocycles. The summed E-state index contributed by atoms with van der Waals surface area (Å²) < 4.78 is 5.12. The summed E-state index contributed by atoms with van der Waals surface area (Å²) in [6.45, 7) is 1.54. The molecule has 96 valence electrons. The van der Waals surface area contributed by atoms with Crippen molar-refractivity contribution in [2.45, 2.75) is 13.0 Å². The van der Waals surface area contributed by atoms with Gasteiger partial charge < -0.3 is 4.74 Å². The number of ketones is 1. The molecule has 0 aliphatic carbocycles. The normalized spacial score (nSPS) is 11.6. The van der Waals surface area contributed by atoms with Crippen LogP contribution in [0.1, 0.15) is 27.8 Å². The van der Waals surface area contributed by atoms with Gasteiger partial charge in [0.15, 0.2) is 6.10 Å². The number of carbonyl (C=O) groups excluding carboxylic acids is 2. The highest BCUT2D eigenvalue weighted by Gasteiger charge is 2.20. The van der Waals surface area contributed by atoms with E-state index >= 15 is 0 Å². The maximum atomic E-state index is 12.0. The minimum Gasteiger partial charge on any atom is -0.451 e. The van der Waals surface area contributed by atoms with Crippen molar-refractivity contribution in [3.63, 3.8) is 0 Å². The van der Waals surface area contributed by atoms with Gasteiger partial charge in [-0.05, 0) is 31.2 Å². The first kappa shape index (κ1) is 13.0. The lowest BCUT2D eigenvalue weighted by Crippen LogP contribution is -2.25. The molecule has 2 aromatic rings. The highest BCUT2D eigenvalue weighted by atomic mass is 16.5. The first-order valence-electron chi connectivity index (χ1n) is 5.90. The maximum absolute atomic E-state index is 12.0. The highest BCUT2D eigenvalue weighted by Crippen LogP contribution is 2.07. The van der Waals surface area contributed by atoms with Gasteiger partial charge in [-0.2, -0.15) is 0 Å². The average molecular weight is 255 g/mol. The Balaban J connectivity index is 2.04. The summed E-state index contributed by atoms with van der Waals surface area (Å²) in [6.07, 6.45) is 0.668. The molecule has 19 heavy (non-hydrogen) atoms. The molecule has 0 bridgehead atoms. The minimum absolute atomic E-state index is 0.288. The van der Waals surface area contributed by atoms with Crippen LogP contribution in [0.3, 0.4) is 0 Å². The number of aromatic nitrogens is 1. The van der Waals surface area contributed by atoms with Gasteiger partial charge >= 0.3 is 5.97 Å². The van der Waals surface area contributed by atoms with E-state index < -0.39 is 12.1 Å². The van der Waals surface area contributed by atoms with E-state index in [1.165, 1.54) is 13.1 Å². The van der Waals surface area contributed by atoms with E-state index in [0.717, 1.165) is 0 Å². The predicted octanol–water partition coefficient (Wildman–Crippen LogP) is 2.51. The summed E-state index contributed by atoms with van der Waals surface area (Å²) in [6, 6.07) is 13.6. The van der Waals surface area contributed by atoms with Gasteiger partial charge in [-0.1, -0.05) is 24.3 Å². The van der Waals surface area contributed by atoms with Gasteiger partial charge in [0.2, 0.25) is 5.78 Å². The van der Waals surface area contributed by atoms with E-state index in [-0.39, 0.29) is 11.5 Å². The fourth-order valence-corrected chi connectivity index (χ4v) is 1.57. The van der Waals surface area contributed by atoms with E-state index in [2.05, 4.69) is 4.98 Å². The first-order valence-corrected chi connectivity index (χ1v) is 5.90. The molecule has 0 spiro atoms. The van der Waals surface area contributed by atoms with Gasteiger partial charge in [0.05, 0.1) is 5.56 Å². The third-order valence-corrected chi connectivity index (χ3v) is 2.58. The molecule has 1 atom stereocenters. The monoisotopic (exact) mass is 255 g/mol. The predicted molar refractivity (Wildman–Crippen MR) is 69.9 cm³/mol. The molecule has 1 aromatic carbocycles. The Bertz CT molecular complexity index is 566. The van der Waals surface area contributed by atoms with Crippen LogP contribution in [0.5, 0.6) is 0 Å². The molecular weight excluding hydrogens is 242 g/mol. The standard InChI is InChI=1S/C15H13NO3/c1-11(14(17)13-9-5-6-10-16-13)19-15(18)12-7-3-2-4-8-12/h2-11H,1H3. The molecule has 0 aliphatic rings. The van der Waals surface area contributed by atoms with Gasteiger partial charge in [0, 0.05) is 6.20 Å². The highest BCUT2D eigenvalue weighted by molar-refractivity contribution is 5.99. The van der Waals surface area contributed by atoms with Crippen molar-refractivity contribution in [1.29, 1.82) is 0 Å². The number of esters is 1. The molecule has 0 amide bonds. The summed E-state index contributed by atoms with van der Waals surface area (Å²) in [5.74, 6) is -0.831. The van der Waals surface area contributed by atoms with E-state index in [9.17, 15) is 9.59 Å². The number of benzene rings is 1. The van der Waals surface area contributed by atoms with Crippen LogP contribution in [-0.4, -0.2) is 22.8 Å². The number of hydrogen-bond donors (Lipinski definition) is 0. The van der Waals surface area contributed by atoms with Crippen LogP contribution in [0.4, 0.5) is 0 Å². The van der Waals surface area contributed by atoms with Gasteiger partial charge in [-0.15, -0.1) is 0 Å². The van der Waals surface area contributed by atoms with Crippen molar-refractivity contribution in [2.75, 3.05) is 0 Å². The van der Waals surface area contributed by atoms with Crippen molar-refractivity contribution in [2.24, 2.45) is 0 Å². The third kappa shape index (κ3) is 3.25. The van der Waals surface area contributed by atoms with Crippen molar-refractivity contribution in [3.8, 4) is 0 Å². The van der Waals surface area contributed by atoms with Gasteiger partial charge in [0.25, 0.3) is 0 Å². The topological polar surface area (TPSA) is 56.3 Å². The molecule has 4 nitrogen and oxygen atoms in total. The van der Waals surface area contributed by atoms with Crippen molar-refractivity contribution in [1.82, 2.24) is 4.98 Å². The van der Waals surface area contributed by atoms with Gasteiger partial charge in [-0.25, -0.2) is 4.79 Å². The quantitative estimate of drug-likeness (QED) is 0.622. The molecule has 0 fully saturated rings. The lowest BCUT2D eigenvalue weighted by atomic mass is 10.1. The summed E-state index contributed by atoms with van der Waals surface area (Å²) in [5.41, 5.74) is 0.707. The van der Waals surface area contributed by atoms with E-state index in [0.29, 0.717) is 5.56 Å². The van der Waals surface area contributed by atoms with Crippen LogP contribution < -0.4 is 0 Å². The van der Waals surface area contributed by atoms with Gasteiger partial charge in [-0.3, -0.25) is 9.78 Å². The zero-order chi connectivity index (χ0) is 13.7. The second kappa shape index (κ2) is 5.91. The Kier molecular flexibility index (Phi) is 4.03. The van der Waals surface area contributed by atoms with E-state index in [1.54, 1.807) is 48.5 Å². The van der Waals surface area contributed by atoms with Crippen LogP contribution in [-0.2, 0) is 4.74 Å². The Morgan fingerprint density at radius 1 is 1.05 bits per heavy atom. The Morgan fingerprint density at radius 2 is 1.74 bits per heavy atom. The molecule has 0 aliphatic heterocycles. The molecule has 1 aromatic heterocycles. The molecular formula is C15H13NO3. The maximum Gasteiger partial charge on any atom is 0.338 e. The van der Waals surface area contributed by atoms with Crippen LogP contribution >= 0.6 is 0 Å². The fraction of sp³-hybridized carbons (Fsp3) is 0.133. The summed E-state index contributed by atoms with van der Waals surface area (Å²) in [7, 11) is 0. The number of rotatable bonds is 4. The first-order chi connectivity index (χ1) is 9.18. The number of nitrogens with zero attached hydrogens (tertiary/aromatic N) is 1. The van der Waals surface area contributed by atoms with Crippen molar-refractivity contribution >= 4 is 11.8 Å². The lowest BCUT2D eigenvalue weighted by Gasteiger charge is -2.11. The smallest absolute Gasteiger partial charge is 0.338 e. The largest absolute Gasteiger partial charge is 0.451 e. The van der Waals surface area contributed by atoms with E-state index in [4.69, 9.17) is 4.74 Å². The number of pyridine rings is 1. The third-order valence-electron chi connectivity index (χ3n) is 2.58. The molecule has 1 unspecified atom stereocenters. The molecule has 4 heteroatoms. The second-order valence-corrected chi connectivity index (χ2v) is 3.99. The summed E-state index contributed by atoms with van der Waals surface area (Å²) in [5, 5.41) is 0. The number of ether oxygens (including phenoxy) is 1. The average Bonchev–Trinajstić information content (AvgIpc) is 2.48. The zero-order valence-corrected chi connectivity index (χ0v) is 10.4. The number of Topliss-reactive ketones (excluding diaryl/α,β-unsaturated/α-hetero) is 1. The molecule has 0 radical (unpaired) electrons. The lowest BCUT2D eigenvalue weighted by molar-refractivity contribution is 0.0317. The zero-order valence-electron chi connectivity index (χ0n) is 10.4. The van der Waals surface area contributed by atoms with E-state index in [1.807, 2.05) is 0 Å². The molecule has 1 heterocycles. The Hall–Kier alpha value is -2.49. The molecule has 2 rings (SSSR count). The van der Waals surface area contributed by atoms with Crippen LogP contribution in [0.2, 0.25) is 0 Å². The number of hydrogen-bond acceptors (Lipinski definition) is 4. The molecule has 0 saturated carbocycles. The van der Waals surface area contributed by atoms with Crippen LogP contribution in [0, 0.1) is 0 Å². The molecule has 0 N–H and O–H groups in total. The Morgan fingerprint density at radius 3 is 2.37 bits per heavy atom. The fourth-order valence-electron chi connectivity index (χ4n) is 1.57. The van der Waals surface area contributed by atoms with Crippen molar-refractivity contribution < 1.29 is 14.3 Å². The summed E-state index contributed by atoms with van der Waals surface area (Å²) >= 11 is 0. The Labute approximate surface area is 111 Å². The van der Waals surface area contributed by atoms with Crippen molar-refractivity contribution in [3.05, 3.63) is 66.0 Å². The minimum atomic E-state index is -0.859. The van der Waals surface area contributed by atoms with Crippen LogP contribution in [0.15, 0.2) is 54.7 Å². The summed E-state index contributed by atoms with van der Waals surface area (Å²) in [4.78, 5) is 27.7. The van der Waals surface area contributed by atoms with Gasteiger partial charge in [0.1, 0.15) is 5.69 Å².